The molecule has 1 aromatic carbocycles. The first-order valence-electron chi connectivity index (χ1n) is 8.35. The zero-order valence-electron chi connectivity index (χ0n) is 15.2. The number of Topliss-reactive ketones (excluding diaryl/α,β-unsaturated/α-hetero) is 1. The van der Waals surface area contributed by atoms with E-state index in [1.165, 1.54) is 6.92 Å². The summed E-state index contributed by atoms with van der Waals surface area (Å²) in [6.45, 7) is 10.7. The first-order chi connectivity index (χ1) is 11.1. The lowest BCUT2D eigenvalue weighted by molar-refractivity contribution is -0.132. The predicted octanol–water partition coefficient (Wildman–Crippen LogP) is 3.98. The van der Waals surface area contributed by atoms with Gasteiger partial charge < -0.3 is 10.1 Å². The van der Waals surface area contributed by atoms with Gasteiger partial charge in [0.2, 0.25) is 5.91 Å². The minimum absolute atomic E-state index is 0.0669. The monoisotopic (exact) mass is 331 g/mol. The Morgan fingerprint density at radius 1 is 1.33 bits per heavy atom. The topological polar surface area (TPSA) is 72.5 Å². The van der Waals surface area contributed by atoms with Crippen LogP contribution in [0.2, 0.25) is 0 Å². The molecule has 0 aromatic heterocycles. The van der Waals surface area contributed by atoms with Crippen LogP contribution < -0.4 is 10.1 Å². The van der Waals surface area contributed by atoms with E-state index in [9.17, 15) is 14.4 Å². The number of fused-ring (bicyclic) bond motifs is 1. The lowest BCUT2D eigenvalue weighted by atomic mass is 9.72. The van der Waals surface area contributed by atoms with Gasteiger partial charge in [-0.25, -0.2) is 0 Å². The molecule has 1 unspecified atom stereocenters. The molecule has 5 nitrogen and oxygen atoms in total. The summed E-state index contributed by atoms with van der Waals surface area (Å²) in [5.41, 5.74) is 1.33. The van der Waals surface area contributed by atoms with Crippen LogP contribution in [0.3, 0.4) is 0 Å². The summed E-state index contributed by atoms with van der Waals surface area (Å²) in [5.74, 6) is -0.443. The van der Waals surface area contributed by atoms with Crippen LogP contribution in [0.5, 0.6) is 5.75 Å². The number of ether oxygens (including phenoxy) is 1. The number of esters is 1. The van der Waals surface area contributed by atoms with Crippen LogP contribution in [0.4, 0.5) is 5.69 Å². The van der Waals surface area contributed by atoms with Crippen molar-refractivity contribution in [1.29, 1.82) is 0 Å². The molecule has 1 heterocycles. The van der Waals surface area contributed by atoms with E-state index >= 15 is 0 Å². The molecule has 0 spiro atoms. The number of rotatable bonds is 4. The van der Waals surface area contributed by atoms with Crippen molar-refractivity contribution in [3.05, 3.63) is 22.8 Å². The average Bonchev–Trinajstić information content (AvgIpc) is 2.47. The molecule has 1 N–H and O–H groups in total. The third-order valence-corrected chi connectivity index (χ3v) is 4.66. The lowest BCUT2D eigenvalue weighted by Gasteiger charge is -2.35. The number of benzene rings is 1. The highest BCUT2D eigenvalue weighted by Gasteiger charge is 2.47. The van der Waals surface area contributed by atoms with Gasteiger partial charge >= 0.3 is 5.97 Å². The third kappa shape index (κ3) is 2.83. The van der Waals surface area contributed by atoms with E-state index in [0.717, 1.165) is 12.0 Å². The van der Waals surface area contributed by atoms with Gasteiger partial charge in [0.05, 0.1) is 5.69 Å². The minimum Gasteiger partial charge on any atom is -0.426 e. The van der Waals surface area contributed by atoms with Gasteiger partial charge in [0.15, 0.2) is 5.78 Å². The number of hydrogen-bond acceptors (Lipinski definition) is 4. The summed E-state index contributed by atoms with van der Waals surface area (Å²) in [6, 6.07) is 1.75. The fraction of sp³-hybridized carbons (Fsp3) is 0.526. The standard InChI is InChI=1S/C19H25NO4/c1-7-8-19(6)17(22)15-11(4)14(24-12(5)21)9-13(10(2)3)16(15)20-18(19)23/h9-10H,7-8H2,1-6H3,(H,20,23). The molecule has 2 rings (SSSR count). The number of nitrogens with one attached hydrogen (secondary N) is 1. The van der Waals surface area contributed by atoms with Crippen molar-refractivity contribution >= 4 is 23.3 Å². The van der Waals surface area contributed by atoms with Crippen LogP contribution in [-0.4, -0.2) is 17.7 Å². The fourth-order valence-electron chi connectivity index (χ4n) is 3.27. The highest BCUT2D eigenvalue weighted by molar-refractivity contribution is 6.25. The largest absolute Gasteiger partial charge is 0.426 e. The smallest absolute Gasteiger partial charge is 0.308 e. The summed E-state index contributed by atoms with van der Waals surface area (Å²) < 4.78 is 5.30. The normalized spacial score (nSPS) is 20.0. The Labute approximate surface area is 142 Å². The number of carbonyl (C=O) groups excluding carboxylic acids is 3. The van der Waals surface area contributed by atoms with E-state index in [2.05, 4.69) is 5.32 Å². The van der Waals surface area contributed by atoms with Crippen molar-refractivity contribution in [2.45, 2.75) is 60.3 Å². The van der Waals surface area contributed by atoms with Crippen LogP contribution in [0.1, 0.15) is 74.9 Å². The van der Waals surface area contributed by atoms with Crippen LogP contribution >= 0.6 is 0 Å². The van der Waals surface area contributed by atoms with Crippen molar-refractivity contribution in [2.24, 2.45) is 5.41 Å². The zero-order valence-corrected chi connectivity index (χ0v) is 15.2. The van der Waals surface area contributed by atoms with Crippen LogP contribution in [0, 0.1) is 12.3 Å². The Bertz CT molecular complexity index is 721. The van der Waals surface area contributed by atoms with E-state index in [1.807, 2.05) is 20.8 Å². The summed E-state index contributed by atoms with van der Waals surface area (Å²) in [5, 5.41) is 2.94. The minimum atomic E-state index is -1.09. The number of amides is 1. The molecule has 24 heavy (non-hydrogen) atoms. The highest BCUT2D eigenvalue weighted by Crippen LogP contribution is 2.44. The summed E-state index contributed by atoms with van der Waals surface area (Å²) >= 11 is 0. The van der Waals surface area contributed by atoms with Gasteiger partial charge in [0.1, 0.15) is 11.2 Å². The van der Waals surface area contributed by atoms with Gasteiger partial charge in [-0.1, -0.05) is 27.2 Å². The second-order valence-electron chi connectivity index (χ2n) is 6.95. The summed E-state index contributed by atoms with van der Waals surface area (Å²) in [4.78, 5) is 37.2. The van der Waals surface area contributed by atoms with Crippen molar-refractivity contribution < 1.29 is 19.1 Å². The number of ketones is 1. The maximum atomic E-state index is 13.2. The first kappa shape index (κ1) is 18.2. The van der Waals surface area contributed by atoms with Gasteiger partial charge in [-0.2, -0.15) is 0 Å². The van der Waals surface area contributed by atoms with Crippen molar-refractivity contribution in [3.8, 4) is 5.75 Å². The van der Waals surface area contributed by atoms with E-state index in [-0.39, 0.29) is 17.6 Å². The van der Waals surface area contributed by atoms with Gasteiger partial charge in [-0.05, 0) is 37.8 Å². The second-order valence-corrected chi connectivity index (χ2v) is 6.95. The van der Waals surface area contributed by atoms with Crippen LogP contribution in [-0.2, 0) is 9.59 Å². The summed E-state index contributed by atoms with van der Waals surface area (Å²) in [7, 11) is 0. The van der Waals surface area contributed by atoms with Gasteiger partial charge in [0.25, 0.3) is 0 Å². The maximum Gasteiger partial charge on any atom is 0.308 e. The van der Waals surface area contributed by atoms with Crippen molar-refractivity contribution in [1.82, 2.24) is 0 Å². The molecule has 0 aliphatic carbocycles. The van der Waals surface area contributed by atoms with Gasteiger partial charge in [-0.15, -0.1) is 0 Å². The molecule has 1 aliphatic rings. The molecule has 1 aliphatic heterocycles. The van der Waals surface area contributed by atoms with E-state index < -0.39 is 11.4 Å². The molecule has 1 atom stereocenters. The number of hydrogen-bond donors (Lipinski definition) is 1. The lowest BCUT2D eigenvalue weighted by Crippen LogP contribution is -2.45. The molecule has 0 fully saturated rings. The second kappa shape index (κ2) is 6.38. The quantitative estimate of drug-likeness (QED) is 0.514. The highest BCUT2D eigenvalue weighted by atomic mass is 16.5. The van der Waals surface area contributed by atoms with Crippen molar-refractivity contribution in [2.75, 3.05) is 5.32 Å². The first-order valence-corrected chi connectivity index (χ1v) is 8.35. The summed E-state index contributed by atoms with van der Waals surface area (Å²) in [6.07, 6.45) is 1.20. The van der Waals surface area contributed by atoms with Gasteiger partial charge in [0, 0.05) is 18.1 Å². The Kier molecular flexibility index (Phi) is 4.83. The van der Waals surface area contributed by atoms with Crippen LogP contribution in [0.25, 0.3) is 0 Å². The molecular formula is C19H25NO4. The fourth-order valence-corrected chi connectivity index (χ4v) is 3.27. The van der Waals surface area contributed by atoms with Crippen molar-refractivity contribution in [3.63, 3.8) is 0 Å². The molecule has 0 radical (unpaired) electrons. The molecule has 5 heteroatoms. The zero-order chi connectivity index (χ0) is 18.2. The SMILES string of the molecule is CCCC1(C)C(=O)Nc2c(C(C)C)cc(OC(C)=O)c(C)c2C1=O. The molecular weight excluding hydrogens is 306 g/mol. The Balaban J connectivity index is 2.74. The average molecular weight is 331 g/mol. The molecule has 0 bridgehead atoms. The maximum absolute atomic E-state index is 13.2. The molecule has 130 valence electrons. The molecule has 0 saturated carbocycles. The van der Waals surface area contributed by atoms with Gasteiger partial charge in [-0.3, -0.25) is 14.4 Å². The van der Waals surface area contributed by atoms with Crippen LogP contribution in [0.15, 0.2) is 6.07 Å². The Morgan fingerprint density at radius 3 is 2.46 bits per heavy atom. The third-order valence-electron chi connectivity index (χ3n) is 4.66. The van der Waals surface area contributed by atoms with E-state index in [1.54, 1.807) is 19.9 Å². The molecule has 1 amide bonds. The number of anilines is 1. The number of carbonyl (C=O) groups is 3. The van der Waals surface area contributed by atoms with E-state index in [4.69, 9.17) is 4.74 Å². The molecule has 1 aromatic rings. The molecule has 0 saturated heterocycles. The Hall–Kier alpha value is -2.17. The predicted molar refractivity (Wildman–Crippen MR) is 92.6 cm³/mol. The van der Waals surface area contributed by atoms with E-state index in [0.29, 0.717) is 29.0 Å². The Morgan fingerprint density at radius 2 is 1.96 bits per heavy atom.